The summed E-state index contributed by atoms with van der Waals surface area (Å²) in [5.74, 6) is 1.39. The quantitative estimate of drug-likeness (QED) is 0.402. The molecule has 4 nitrogen and oxygen atoms in total. The van der Waals surface area contributed by atoms with E-state index >= 15 is 0 Å². The van der Waals surface area contributed by atoms with Crippen LogP contribution in [-0.4, -0.2) is 11.7 Å². The molecule has 0 bridgehead atoms. The highest BCUT2D eigenvalue weighted by Crippen LogP contribution is 2.46. The van der Waals surface area contributed by atoms with Crippen molar-refractivity contribution in [2.24, 2.45) is 11.3 Å². The van der Waals surface area contributed by atoms with E-state index in [2.05, 4.69) is 13.8 Å². The summed E-state index contributed by atoms with van der Waals surface area (Å²) >= 11 is 0. The van der Waals surface area contributed by atoms with Crippen LogP contribution in [0.4, 0.5) is 5.69 Å². The number of anilines is 1. The molecule has 3 aromatic rings. The first-order valence-electron chi connectivity index (χ1n) is 12.1. The average molecular weight is 464 g/mol. The normalized spacial score (nSPS) is 19.7. The molecule has 0 aromatic heterocycles. The van der Waals surface area contributed by atoms with Gasteiger partial charge < -0.3 is 4.74 Å². The van der Waals surface area contributed by atoms with Gasteiger partial charge in [-0.2, -0.15) is 0 Å². The van der Waals surface area contributed by atoms with Gasteiger partial charge in [-0.15, -0.1) is 0 Å². The maximum Gasteiger partial charge on any atom is 0.232 e. The number of nitrogens with zero attached hydrogens (tertiary/aromatic N) is 1. The Kier molecular flexibility index (Phi) is 6.12. The van der Waals surface area contributed by atoms with Gasteiger partial charge in [-0.3, -0.25) is 14.5 Å². The fraction of sp³-hybridized carbons (Fsp3) is 0.226. The second kappa shape index (κ2) is 9.38. The Hall–Kier alpha value is -3.92. The minimum Gasteiger partial charge on any atom is -0.457 e. The predicted molar refractivity (Wildman–Crippen MR) is 139 cm³/mol. The molecule has 1 unspecified atom stereocenters. The molecule has 1 amide bonds. The number of rotatable bonds is 5. The molecule has 0 N–H and O–H groups in total. The van der Waals surface area contributed by atoms with Crippen molar-refractivity contribution in [1.29, 1.82) is 0 Å². The number of ketones is 1. The van der Waals surface area contributed by atoms with E-state index in [1.54, 1.807) is 4.90 Å². The molecular formula is C31H29NO3. The first kappa shape index (κ1) is 22.9. The van der Waals surface area contributed by atoms with Crippen molar-refractivity contribution in [2.45, 2.75) is 33.1 Å². The minimum atomic E-state index is -0.210. The van der Waals surface area contributed by atoms with Crippen LogP contribution >= 0.6 is 0 Å². The molecule has 0 saturated heterocycles. The summed E-state index contributed by atoms with van der Waals surface area (Å²) in [7, 11) is 0. The van der Waals surface area contributed by atoms with Crippen molar-refractivity contribution >= 4 is 23.5 Å². The Balaban J connectivity index is 1.49. The molecule has 0 radical (unpaired) electrons. The van der Waals surface area contributed by atoms with Crippen molar-refractivity contribution in [2.75, 3.05) is 4.90 Å². The van der Waals surface area contributed by atoms with Crippen molar-refractivity contribution in [1.82, 2.24) is 0 Å². The monoisotopic (exact) mass is 463 g/mol. The summed E-state index contributed by atoms with van der Waals surface area (Å²) in [5, 5.41) is 0. The number of amides is 1. The molecule has 3 aromatic carbocycles. The third-order valence-electron chi connectivity index (χ3n) is 6.58. The molecule has 1 aliphatic heterocycles. The molecule has 4 heteroatoms. The number of ether oxygens (including phenoxy) is 1. The van der Waals surface area contributed by atoms with E-state index in [1.807, 2.05) is 97.1 Å². The Morgan fingerprint density at radius 3 is 2.14 bits per heavy atom. The minimum absolute atomic E-state index is 0.00805. The van der Waals surface area contributed by atoms with E-state index in [1.165, 1.54) is 0 Å². The highest BCUT2D eigenvalue weighted by Gasteiger charge is 2.43. The number of carbonyl (C=O) groups is 2. The van der Waals surface area contributed by atoms with Crippen LogP contribution in [-0.2, 0) is 9.59 Å². The number of allylic oxidation sites excluding steroid dienone is 3. The van der Waals surface area contributed by atoms with Gasteiger partial charge in [0.2, 0.25) is 5.91 Å². The Morgan fingerprint density at radius 2 is 1.46 bits per heavy atom. The van der Waals surface area contributed by atoms with Gasteiger partial charge in [0.15, 0.2) is 5.78 Å². The second-order valence-corrected chi connectivity index (χ2v) is 10.0. The topological polar surface area (TPSA) is 46.6 Å². The lowest BCUT2D eigenvalue weighted by Gasteiger charge is -2.42. The largest absolute Gasteiger partial charge is 0.457 e. The number of hydrogen-bond acceptors (Lipinski definition) is 3. The number of carbonyl (C=O) groups excluding carboxylic acids is 2. The lowest BCUT2D eigenvalue weighted by molar-refractivity contribution is -0.121. The van der Waals surface area contributed by atoms with E-state index < -0.39 is 0 Å². The maximum atomic E-state index is 13.5. The SMILES string of the molecule is CC1(C)CC(=O)C2=C(C1)N(c1ccc(Oc3ccccc3)cc1)C(=O)CC2/C=C/c1ccccc1. The Morgan fingerprint density at radius 1 is 0.829 bits per heavy atom. The average Bonchev–Trinajstić information content (AvgIpc) is 2.84. The van der Waals surface area contributed by atoms with Gasteiger partial charge in [-0.25, -0.2) is 0 Å². The molecule has 0 fully saturated rings. The molecule has 0 spiro atoms. The van der Waals surface area contributed by atoms with Crippen molar-refractivity contribution in [3.05, 3.63) is 108 Å². The summed E-state index contributed by atoms with van der Waals surface area (Å²) < 4.78 is 5.92. The van der Waals surface area contributed by atoms with Crippen molar-refractivity contribution in [3.8, 4) is 11.5 Å². The zero-order chi connectivity index (χ0) is 24.4. The van der Waals surface area contributed by atoms with E-state index in [9.17, 15) is 9.59 Å². The molecule has 1 atom stereocenters. The first-order valence-corrected chi connectivity index (χ1v) is 12.1. The zero-order valence-corrected chi connectivity index (χ0v) is 20.1. The zero-order valence-electron chi connectivity index (χ0n) is 20.1. The summed E-state index contributed by atoms with van der Waals surface area (Å²) in [6.07, 6.45) is 5.48. The standard InChI is InChI=1S/C31H29NO3/c1-31(2)20-27-30(28(33)21-31)23(14-13-22-9-5-3-6-10-22)19-29(34)32(27)24-15-17-26(18-16-24)35-25-11-7-4-8-12-25/h3-18,23H,19-21H2,1-2H3/b14-13+. The number of Topliss-reactive ketones (excluding diaryl/α,β-unsaturated/α-hetero) is 1. The molecule has 35 heavy (non-hydrogen) atoms. The van der Waals surface area contributed by atoms with Crippen LogP contribution < -0.4 is 9.64 Å². The molecule has 1 heterocycles. The third kappa shape index (κ3) is 4.97. The maximum absolute atomic E-state index is 13.5. The Labute approximate surface area is 206 Å². The number of benzene rings is 3. The smallest absolute Gasteiger partial charge is 0.232 e. The van der Waals surface area contributed by atoms with Gasteiger partial charge in [-0.05, 0) is 53.8 Å². The summed E-state index contributed by atoms with van der Waals surface area (Å²) in [4.78, 5) is 28.6. The van der Waals surface area contributed by atoms with E-state index in [0.717, 1.165) is 28.3 Å². The Bertz CT molecular complexity index is 1290. The molecule has 176 valence electrons. The van der Waals surface area contributed by atoms with Gasteiger partial charge in [0, 0.05) is 35.7 Å². The van der Waals surface area contributed by atoms with E-state index in [0.29, 0.717) is 18.6 Å². The van der Waals surface area contributed by atoms with Crippen LogP contribution in [0.1, 0.15) is 38.7 Å². The van der Waals surface area contributed by atoms with Crippen LogP contribution in [0.2, 0.25) is 0 Å². The molecule has 0 saturated carbocycles. The summed E-state index contributed by atoms with van der Waals surface area (Å²) in [6.45, 7) is 4.19. The van der Waals surface area contributed by atoms with Crippen LogP contribution in [0.5, 0.6) is 11.5 Å². The predicted octanol–water partition coefficient (Wildman–Crippen LogP) is 7.19. The van der Waals surface area contributed by atoms with Gasteiger partial charge in [0.25, 0.3) is 0 Å². The third-order valence-corrected chi connectivity index (χ3v) is 6.58. The lowest BCUT2D eigenvalue weighted by atomic mass is 9.70. The van der Waals surface area contributed by atoms with Crippen LogP contribution in [0.25, 0.3) is 6.08 Å². The molecule has 1 aliphatic carbocycles. The van der Waals surface area contributed by atoms with Crippen LogP contribution in [0.15, 0.2) is 102 Å². The summed E-state index contributed by atoms with van der Waals surface area (Å²) in [6, 6.07) is 27.1. The second-order valence-electron chi connectivity index (χ2n) is 10.0. The van der Waals surface area contributed by atoms with Gasteiger partial charge in [0.05, 0.1) is 0 Å². The van der Waals surface area contributed by atoms with E-state index in [4.69, 9.17) is 4.74 Å². The van der Waals surface area contributed by atoms with Gasteiger partial charge in [0.1, 0.15) is 11.5 Å². The molecule has 5 rings (SSSR count). The number of para-hydroxylation sites is 1. The van der Waals surface area contributed by atoms with Crippen LogP contribution in [0.3, 0.4) is 0 Å². The van der Waals surface area contributed by atoms with Crippen molar-refractivity contribution < 1.29 is 14.3 Å². The molecule has 2 aliphatic rings. The first-order chi connectivity index (χ1) is 16.9. The van der Waals surface area contributed by atoms with Crippen molar-refractivity contribution in [3.63, 3.8) is 0 Å². The highest BCUT2D eigenvalue weighted by atomic mass is 16.5. The highest BCUT2D eigenvalue weighted by molar-refractivity contribution is 6.07. The summed E-state index contributed by atoms with van der Waals surface area (Å²) in [5.41, 5.74) is 3.24. The molecular weight excluding hydrogens is 434 g/mol. The van der Waals surface area contributed by atoms with Gasteiger partial charge >= 0.3 is 0 Å². The fourth-order valence-corrected chi connectivity index (χ4v) is 5.00. The lowest BCUT2D eigenvalue weighted by Crippen LogP contribution is -2.44. The fourth-order valence-electron chi connectivity index (χ4n) is 5.00. The van der Waals surface area contributed by atoms with Crippen LogP contribution in [0, 0.1) is 11.3 Å². The van der Waals surface area contributed by atoms with Gasteiger partial charge in [-0.1, -0.05) is 74.5 Å². The van der Waals surface area contributed by atoms with E-state index in [-0.39, 0.29) is 29.4 Å². The number of hydrogen-bond donors (Lipinski definition) is 0.